The Balaban J connectivity index is 1.79. The first-order valence-corrected chi connectivity index (χ1v) is 10.0. The number of likely N-dealkylation sites (N-methyl/N-ethyl adjacent to an activating group) is 1. The lowest BCUT2D eigenvalue weighted by molar-refractivity contribution is -0.128. The molecule has 0 aliphatic rings. The van der Waals surface area contributed by atoms with Crippen LogP contribution in [-0.2, 0) is 11.3 Å². The second kappa shape index (κ2) is 7.59. The molecule has 0 bridgehead atoms. The van der Waals surface area contributed by atoms with Crippen molar-refractivity contribution in [2.24, 2.45) is 0 Å². The number of hydrogen-bond donors (Lipinski definition) is 0. The Morgan fingerprint density at radius 2 is 1.79 bits per heavy atom. The van der Waals surface area contributed by atoms with Gasteiger partial charge in [-0.15, -0.1) is 10.2 Å². The molecule has 0 unspecified atom stereocenters. The second-order valence-corrected chi connectivity index (χ2v) is 7.74. The molecule has 0 aliphatic carbocycles. The molecule has 4 aromatic rings. The van der Waals surface area contributed by atoms with E-state index in [1.54, 1.807) is 19.0 Å². The molecule has 1 amide bonds. The van der Waals surface area contributed by atoms with Crippen LogP contribution >= 0.6 is 11.8 Å². The van der Waals surface area contributed by atoms with Crippen LogP contribution in [-0.4, -0.2) is 44.7 Å². The molecule has 0 saturated heterocycles. The van der Waals surface area contributed by atoms with Gasteiger partial charge in [0.15, 0.2) is 5.65 Å². The first kappa shape index (κ1) is 18.4. The summed E-state index contributed by atoms with van der Waals surface area (Å²) in [6.07, 6.45) is 0. The normalized spacial score (nSPS) is 12.4. The monoisotopic (exact) mass is 391 g/mol. The molecule has 4 rings (SSSR count). The van der Waals surface area contributed by atoms with Crippen LogP contribution < -0.4 is 0 Å². The highest BCUT2D eigenvalue weighted by atomic mass is 32.2. The van der Waals surface area contributed by atoms with Gasteiger partial charge in [0, 0.05) is 26.0 Å². The maximum absolute atomic E-state index is 12.8. The molecule has 2 heterocycles. The molecule has 142 valence electrons. The van der Waals surface area contributed by atoms with Crippen molar-refractivity contribution in [1.82, 2.24) is 24.6 Å². The van der Waals surface area contributed by atoms with Crippen LogP contribution in [0.2, 0.25) is 0 Å². The lowest BCUT2D eigenvalue weighted by atomic mass is 10.1. The number of benzene rings is 2. The molecule has 6 nitrogen and oxygen atoms in total. The van der Waals surface area contributed by atoms with E-state index in [9.17, 15) is 4.79 Å². The molecule has 0 N–H and O–H groups in total. The van der Waals surface area contributed by atoms with Gasteiger partial charge < -0.3 is 9.47 Å². The minimum Gasteiger partial charge on any atom is -0.348 e. The standard InChI is InChI=1S/C21H21N5OS/c1-4-26-16-13-9-8-12-15(16)17-19(26)22-21(24-23-17)28-18(20(27)25(2)3)14-10-6-5-7-11-14/h5-13,18H,4H2,1-3H3/t18-/m0/s1. The highest BCUT2D eigenvalue weighted by molar-refractivity contribution is 8.00. The van der Waals surface area contributed by atoms with Crippen molar-refractivity contribution < 1.29 is 4.79 Å². The van der Waals surface area contributed by atoms with Crippen molar-refractivity contribution in [2.45, 2.75) is 23.9 Å². The Morgan fingerprint density at radius 1 is 1.07 bits per heavy atom. The van der Waals surface area contributed by atoms with E-state index in [0.29, 0.717) is 5.16 Å². The zero-order valence-corrected chi connectivity index (χ0v) is 16.8. The number of fused-ring (bicyclic) bond motifs is 3. The van der Waals surface area contributed by atoms with E-state index < -0.39 is 5.25 Å². The summed E-state index contributed by atoms with van der Waals surface area (Å²) < 4.78 is 2.13. The van der Waals surface area contributed by atoms with Crippen LogP contribution in [0.3, 0.4) is 0 Å². The van der Waals surface area contributed by atoms with Crippen molar-refractivity contribution in [3.63, 3.8) is 0 Å². The molecule has 0 radical (unpaired) electrons. The third-order valence-electron chi connectivity index (χ3n) is 4.66. The molecule has 0 saturated carbocycles. The van der Waals surface area contributed by atoms with Gasteiger partial charge in [-0.2, -0.15) is 0 Å². The molecule has 1 atom stereocenters. The molecule has 2 aromatic heterocycles. The lowest BCUT2D eigenvalue weighted by Gasteiger charge is -2.19. The number of aryl methyl sites for hydroxylation is 1. The SMILES string of the molecule is CCn1c2ccccc2c2nnc(S[C@H](C(=O)N(C)C)c3ccccc3)nc21. The van der Waals surface area contributed by atoms with Gasteiger partial charge in [0.2, 0.25) is 11.1 Å². The van der Waals surface area contributed by atoms with E-state index in [-0.39, 0.29) is 5.91 Å². The number of para-hydroxylation sites is 1. The van der Waals surface area contributed by atoms with E-state index in [0.717, 1.165) is 34.2 Å². The van der Waals surface area contributed by atoms with Gasteiger partial charge >= 0.3 is 0 Å². The Labute approximate surface area is 167 Å². The third-order valence-corrected chi connectivity index (χ3v) is 5.75. The first-order chi connectivity index (χ1) is 13.6. The van der Waals surface area contributed by atoms with E-state index in [1.807, 2.05) is 48.5 Å². The molecular formula is C21H21N5OS. The largest absolute Gasteiger partial charge is 0.348 e. The Morgan fingerprint density at radius 3 is 2.50 bits per heavy atom. The summed E-state index contributed by atoms with van der Waals surface area (Å²) in [7, 11) is 3.52. The number of aromatic nitrogens is 4. The van der Waals surface area contributed by atoms with Gasteiger partial charge in [0.05, 0.1) is 5.52 Å². The van der Waals surface area contributed by atoms with Crippen LogP contribution in [0.5, 0.6) is 0 Å². The van der Waals surface area contributed by atoms with E-state index in [4.69, 9.17) is 4.98 Å². The summed E-state index contributed by atoms with van der Waals surface area (Å²) in [4.78, 5) is 19.2. The van der Waals surface area contributed by atoms with Crippen molar-refractivity contribution >= 4 is 39.7 Å². The molecule has 0 spiro atoms. The summed E-state index contributed by atoms with van der Waals surface area (Å²) in [5.41, 5.74) is 3.60. The van der Waals surface area contributed by atoms with Crippen molar-refractivity contribution in [2.75, 3.05) is 14.1 Å². The third kappa shape index (κ3) is 3.22. The number of carbonyl (C=O) groups is 1. The summed E-state index contributed by atoms with van der Waals surface area (Å²) in [5.74, 6) is -0.00377. The number of thioether (sulfide) groups is 1. The topological polar surface area (TPSA) is 63.9 Å². The number of carbonyl (C=O) groups excluding carboxylic acids is 1. The molecular weight excluding hydrogens is 370 g/mol. The number of rotatable bonds is 5. The second-order valence-electron chi connectivity index (χ2n) is 6.67. The van der Waals surface area contributed by atoms with Crippen LogP contribution in [0, 0.1) is 0 Å². The smallest absolute Gasteiger partial charge is 0.240 e. The average molecular weight is 392 g/mol. The molecule has 28 heavy (non-hydrogen) atoms. The van der Waals surface area contributed by atoms with Crippen molar-refractivity contribution in [3.05, 3.63) is 60.2 Å². The predicted molar refractivity (Wildman–Crippen MR) is 112 cm³/mol. The number of amides is 1. The minimum atomic E-state index is -0.421. The van der Waals surface area contributed by atoms with E-state index in [1.165, 1.54) is 11.8 Å². The van der Waals surface area contributed by atoms with Crippen LogP contribution in [0.25, 0.3) is 22.1 Å². The summed E-state index contributed by atoms with van der Waals surface area (Å²) in [6, 6.07) is 17.8. The Bertz CT molecular complexity index is 1140. The molecule has 7 heteroatoms. The average Bonchev–Trinajstić information content (AvgIpc) is 3.05. The fourth-order valence-corrected chi connectivity index (χ4v) is 4.33. The first-order valence-electron chi connectivity index (χ1n) is 9.14. The maximum atomic E-state index is 12.8. The fourth-order valence-electron chi connectivity index (χ4n) is 3.29. The van der Waals surface area contributed by atoms with Crippen LogP contribution in [0.4, 0.5) is 0 Å². The molecule has 0 aliphatic heterocycles. The zero-order valence-electron chi connectivity index (χ0n) is 16.0. The van der Waals surface area contributed by atoms with Crippen molar-refractivity contribution in [1.29, 1.82) is 0 Å². The predicted octanol–water partition coefficient (Wildman–Crippen LogP) is 3.92. The number of nitrogens with zero attached hydrogens (tertiary/aromatic N) is 5. The lowest BCUT2D eigenvalue weighted by Crippen LogP contribution is -2.26. The Hall–Kier alpha value is -2.93. The zero-order chi connectivity index (χ0) is 19.7. The molecule has 0 fully saturated rings. The highest BCUT2D eigenvalue weighted by Crippen LogP contribution is 2.35. The highest BCUT2D eigenvalue weighted by Gasteiger charge is 2.25. The number of hydrogen-bond acceptors (Lipinski definition) is 5. The fraction of sp³-hybridized carbons (Fsp3) is 0.238. The Kier molecular flexibility index (Phi) is 5.00. The summed E-state index contributed by atoms with van der Waals surface area (Å²) in [6.45, 7) is 2.87. The van der Waals surface area contributed by atoms with Gasteiger partial charge in [0.1, 0.15) is 10.8 Å². The van der Waals surface area contributed by atoms with Gasteiger partial charge in [0.25, 0.3) is 0 Å². The summed E-state index contributed by atoms with van der Waals surface area (Å²) in [5, 5.41) is 9.89. The van der Waals surface area contributed by atoms with Gasteiger partial charge in [-0.3, -0.25) is 4.79 Å². The van der Waals surface area contributed by atoms with Gasteiger partial charge in [-0.05, 0) is 18.6 Å². The maximum Gasteiger partial charge on any atom is 0.240 e. The van der Waals surface area contributed by atoms with Gasteiger partial charge in [-0.25, -0.2) is 4.98 Å². The van der Waals surface area contributed by atoms with E-state index >= 15 is 0 Å². The van der Waals surface area contributed by atoms with Crippen molar-refractivity contribution in [3.8, 4) is 0 Å². The van der Waals surface area contributed by atoms with Crippen LogP contribution in [0.15, 0.2) is 59.8 Å². The minimum absolute atomic E-state index is 0.00377. The van der Waals surface area contributed by atoms with E-state index in [2.05, 4.69) is 27.8 Å². The molecule has 2 aromatic carbocycles. The summed E-state index contributed by atoms with van der Waals surface area (Å²) >= 11 is 1.33. The quantitative estimate of drug-likeness (QED) is 0.483. The van der Waals surface area contributed by atoms with Crippen LogP contribution in [0.1, 0.15) is 17.7 Å². The van der Waals surface area contributed by atoms with Gasteiger partial charge in [-0.1, -0.05) is 60.3 Å².